The van der Waals surface area contributed by atoms with Crippen LogP contribution in [0.2, 0.25) is 0 Å². The fourth-order valence-corrected chi connectivity index (χ4v) is 7.31. The lowest BCUT2D eigenvalue weighted by Gasteiger charge is -2.31. The van der Waals surface area contributed by atoms with Gasteiger partial charge in [-0.15, -0.1) is 0 Å². The lowest BCUT2D eigenvalue weighted by Crippen LogP contribution is -2.24. The Labute approximate surface area is 169 Å². The first-order valence-corrected chi connectivity index (χ1v) is 10.7. The zero-order valence-corrected chi connectivity index (χ0v) is 16.1. The monoisotopic (exact) mass is 381 g/mol. The second kappa shape index (κ2) is 5.35. The molecule has 0 aliphatic heterocycles. The van der Waals surface area contributed by atoms with Crippen molar-refractivity contribution < 1.29 is 10.2 Å². The quantitative estimate of drug-likeness (QED) is 0.450. The number of benzene rings is 2. The Hall–Kier alpha value is -2.94. The average Bonchev–Trinajstić information content (AvgIpc) is 3.55. The van der Waals surface area contributed by atoms with E-state index in [2.05, 4.69) is 30.4 Å². The molecule has 0 spiro atoms. The third-order valence-corrected chi connectivity index (χ3v) is 8.19. The average molecular weight is 381 g/mol. The van der Waals surface area contributed by atoms with Crippen LogP contribution in [0, 0.1) is 23.7 Å². The van der Waals surface area contributed by atoms with Gasteiger partial charge in [0.05, 0.1) is 5.69 Å². The molecule has 2 aromatic carbocycles. The summed E-state index contributed by atoms with van der Waals surface area (Å²) < 4.78 is 1.70. The number of aromatic nitrogens is 1. The fourth-order valence-electron chi connectivity index (χ4n) is 7.31. The van der Waals surface area contributed by atoms with Crippen LogP contribution in [-0.4, -0.2) is 14.8 Å². The van der Waals surface area contributed by atoms with Gasteiger partial charge in [0.2, 0.25) is 11.8 Å². The Bertz CT molecular complexity index is 1130. The number of rotatable bonds is 2. The van der Waals surface area contributed by atoms with Gasteiger partial charge in [0.1, 0.15) is 0 Å². The Balaban J connectivity index is 1.42. The first-order valence-electron chi connectivity index (χ1n) is 10.7. The molecule has 6 unspecified atom stereocenters. The Morgan fingerprint density at radius 3 is 1.93 bits per heavy atom. The summed E-state index contributed by atoms with van der Waals surface area (Å²) in [6, 6.07) is 18.2. The molecule has 144 valence electrons. The summed E-state index contributed by atoms with van der Waals surface area (Å²) in [4.78, 5) is 0. The molecule has 4 aliphatic rings. The van der Waals surface area contributed by atoms with E-state index in [9.17, 15) is 10.2 Å². The predicted octanol–water partition coefficient (Wildman–Crippen LogP) is 5.58. The Morgan fingerprint density at radius 2 is 1.28 bits per heavy atom. The molecular weight excluding hydrogens is 358 g/mol. The number of nitrogens with zero attached hydrogens (tertiary/aromatic N) is 1. The summed E-state index contributed by atoms with van der Waals surface area (Å²) in [5.74, 6) is 3.88. The van der Waals surface area contributed by atoms with Gasteiger partial charge in [0.25, 0.3) is 0 Å². The van der Waals surface area contributed by atoms with Crippen molar-refractivity contribution in [2.24, 2.45) is 23.7 Å². The second-order valence-electron chi connectivity index (χ2n) is 9.24. The molecule has 29 heavy (non-hydrogen) atoms. The van der Waals surface area contributed by atoms with Crippen molar-refractivity contribution in [2.75, 3.05) is 0 Å². The number of hydrogen-bond donors (Lipinski definition) is 2. The van der Waals surface area contributed by atoms with Crippen molar-refractivity contribution in [3.8, 4) is 28.6 Å². The van der Waals surface area contributed by atoms with Crippen molar-refractivity contribution in [1.82, 2.24) is 4.57 Å². The molecule has 3 aromatic rings. The smallest absolute Gasteiger partial charge is 0.202 e. The molecule has 2 saturated carbocycles. The second-order valence-corrected chi connectivity index (χ2v) is 9.24. The minimum atomic E-state index is 0.249. The zero-order valence-electron chi connectivity index (χ0n) is 16.1. The SMILES string of the molecule is Oc1c2c(c(O)n1-c1ccccc1-c1ccccc1)C1CC2C2C3C=CC(C3)C12. The van der Waals surface area contributed by atoms with Crippen molar-refractivity contribution in [1.29, 1.82) is 0 Å². The molecule has 4 bridgehead atoms. The van der Waals surface area contributed by atoms with Crippen LogP contribution >= 0.6 is 0 Å². The summed E-state index contributed by atoms with van der Waals surface area (Å²) in [7, 11) is 0. The van der Waals surface area contributed by atoms with Gasteiger partial charge in [-0.2, -0.15) is 0 Å². The van der Waals surface area contributed by atoms with E-state index in [4.69, 9.17) is 0 Å². The number of hydrogen-bond acceptors (Lipinski definition) is 2. The molecule has 1 heterocycles. The molecule has 3 nitrogen and oxygen atoms in total. The van der Waals surface area contributed by atoms with Crippen LogP contribution < -0.4 is 0 Å². The molecule has 0 radical (unpaired) electrons. The molecular formula is C26H23NO2. The molecule has 4 aliphatic carbocycles. The minimum absolute atomic E-state index is 0.249. The van der Waals surface area contributed by atoms with Gasteiger partial charge >= 0.3 is 0 Å². The zero-order chi connectivity index (χ0) is 19.3. The first-order chi connectivity index (χ1) is 14.2. The maximum atomic E-state index is 11.4. The van der Waals surface area contributed by atoms with Crippen LogP contribution in [0.5, 0.6) is 11.8 Å². The molecule has 3 heteroatoms. The highest BCUT2D eigenvalue weighted by Crippen LogP contribution is 2.72. The van der Waals surface area contributed by atoms with Crippen LogP contribution in [0.15, 0.2) is 66.7 Å². The van der Waals surface area contributed by atoms with Crippen molar-refractivity contribution in [3.63, 3.8) is 0 Å². The number of para-hydroxylation sites is 1. The first kappa shape index (κ1) is 15.9. The van der Waals surface area contributed by atoms with Gasteiger partial charge < -0.3 is 10.2 Å². The van der Waals surface area contributed by atoms with E-state index in [1.54, 1.807) is 4.57 Å². The maximum Gasteiger partial charge on any atom is 0.202 e. The predicted molar refractivity (Wildman–Crippen MR) is 112 cm³/mol. The maximum absolute atomic E-state index is 11.4. The van der Waals surface area contributed by atoms with E-state index in [0.29, 0.717) is 35.5 Å². The van der Waals surface area contributed by atoms with E-state index >= 15 is 0 Å². The number of allylic oxidation sites excluding steroid dienone is 2. The highest BCUT2D eigenvalue weighted by molar-refractivity contribution is 5.75. The van der Waals surface area contributed by atoms with E-state index in [0.717, 1.165) is 34.4 Å². The Kier molecular flexibility index (Phi) is 2.94. The van der Waals surface area contributed by atoms with E-state index in [1.807, 2.05) is 36.4 Å². The highest BCUT2D eigenvalue weighted by Gasteiger charge is 2.62. The largest absolute Gasteiger partial charge is 0.494 e. The fraction of sp³-hybridized carbons (Fsp3) is 0.308. The minimum Gasteiger partial charge on any atom is -0.494 e. The molecule has 1 aromatic heterocycles. The van der Waals surface area contributed by atoms with Crippen LogP contribution in [0.25, 0.3) is 16.8 Å². The topological polar surface area (TPSA) is 45.4 Å². The summed E-state index contributed by atoms with van der Waals surface area (Å²) in [6.07, 6.45) is 7.18. The normalized spacial score (nSPS) is 32.7. The van der Waals surface area contributed by atoms with Crippen molar-refractivity contribution >= 4 is 0 Å². The van der Waals surface area contributed by atoms with Crippen LogP contribution in [-0.2, 0) is 0 Å². The van der Waals surface area contributed by atoms with Gasteiger partial charge in [0, 0.05) is 16.7 Å². The van der Waals surface area contributed by atoms with Gasteiger partial charge in [-0.1, -0.05) is 60.7 Å². The van der Waals surface area contributed by atoms with E-state index in [1.165, 1.54) is 6.42 Å². The third-order valence-electron chi connectivity index (χ3n) is 8.19. The summed E-state index contributed by atoms with van der Waals surface area (Å²) in [5, 5.41) is 22.7. The number of fused-ring (bicyclic) bond motifs is 12. The summed E-state index contributed by atoms with van der Waals surface area (Å²) in [6.45, 7) is 0. The molecule has 2 fully saturated rings. The molecule has 7 rings (SSSR count). The van der Waals surface area contributed by atoms with Gasteiger partial charge in [-0.3, -0.25) is 4.57 Å². The number of aromatic hydroxyl groups is 2. The van der Waals surface area contributed by atoms with Gasteiger partial charge in [-0.05, 0) is 60.0 Å². The van der Waals surface area contributed by atoms with Crippen LogP contribution in [0.4, 0.5) is 0 Å². The highest BCUT2D eigenvalue weighted by atomic mass is 16.3. The molecule has 0 amide bonds. The van der Waals surface area contributed by atoms with Crippen molar-refractivity contribution in [2.45, 2.75) is 24.7 Å². The summed E-state index contributed by atoms with van der Waals surface area (Å²) in [5.41, 5.74) is 4.99. The summed E-state index contributed by atoms with van der Waals surface area (Å²) >= 11 is 0. The van der Waals surface area contributed by atoms with Crippen LogP contribution in [0.3, 0.4) is 0 Å². The standard InChI is InChI=1S/C26H23NO2/c28-25-23-18-13-19(22-16-11-10-15(12-16)21(18)22)24(23)26(29)27(25)20-9-5-4-8-17(20)14-6-2-1-3-7-14/h1-11,15-16,18-19,21-22,28-29H,12-13H2. The molecule has 2 N–H and O–H groups in total. The van der Waals surface area contributed by atoms with Crippen LogP contribution in [0.1, 0.15) is 35.8 Å². The van der Waals surface area contributed by atoms with E-state index in [-0.39, 0.29) is 11.8 Å². The molecule has 0 saturated heterocycles. The van der Waals surface area contributed by atoms with E-state index < -0.39 is 0 Å². The third kappa shape index (κ3) is 1.84. The Morgan fingerprint density at radius 1 is 0.690 bits per heavy atom. The van der Waals surface area contributed by atoms with Gasteiger partial charge in [0.15, 0.2) is 0 Å². The van der Waals surface area contributed by atoms with Gasteiger partial charge in [-0.25, -0.2) is 0 Å². The molecule has 6 atom stereocenters. The van der Waals surface area contributed by atoms with Crippen molar-refractivity contribution in [3.05, 3.63) is 77.9 Å². The lowest BCUT2D eigenvalue weighted by atomic mass is 9.72. The lowest BCUT2D eigenvalue weighted by molar-refractivity contribution is 0.298.